The van der Waals surface area contributed by atoms with Crippen molar-refractivity contribution in [3.8, 4) is 0 Å². The molecule has 142 valence electrons. The number of piperazine rings is 1. The van der Waals surface area contributed by atoms with E-state index < -0.39 is 0 Å². The minimum Gasteiger partial charge on any atom is -0.450 e. The molecule has 2 aliphatic rings. The number of piperidine rings is 1. The lowest BCUT2D eigenvalue weighted by molar-refractivity contribution is -0.138. The minimum atomic E-state index is -0.257. The van der Waals surface area contributed by atoms with Gasteiger partial charge in [0.2, 0.25) is 5.91 Å². The Balaban J connectivity index is 1.42. The highest BCUT2D eigenvalue weighted by atomic mass is 16.6. The van der Waals surface area contributed by atoms with Gasteiger partial charge in [-0.15, -0.1) is 0 Å². The third-order valence-electron chi connectivity index (χ3n) is 5.30. The van der Waals surface area contributed by atoms with Gasteiger partial charge in [-0.2, -0.15) is 0 Å². The number of hydrogen-bond donors (Lipinski definition) is 0. The van der Waals surface area contributed by atoms with E-state index in [0.29, 0.717) is 19.7 Å². The third kappa shape index (κ3) is 4.75. The molecule has 0 aliphatic carbocycles. The molecule has 26 heavy (non-hydrogen) atoms. The number of rotatable bonds is 4. The molecule has 1 aromatic rings. The van der Waals surface area contributed by atoms with Crippen LogP contribution in [-0.4, -0.2) is 72.6 Å². The number of likely N-dealkylation sites (tertiary alicyclic amines) is 1. The first-order chi connectivity index (χ1) is 12.7. The fraction of sp³-hybridized carbons (Fsp3) is 0.600. The van der Waals surface area contributed by atoms with Gasteiger partial charge in [-0.3, -0.25) is 9.69 Å². The average molecular weight is 359 g/mol. The van der Waals surface area contributed by atoms with Crippen molar-refractivity contribution in [1.82, 2.24) is 14.7 Å². The molecule has 0 saturated carbocycles. The molecule has 0 aromatic heterocycles. The number of hydrogen-bond acceptors (Lipinski definition) is 4. The lowest BCUT2D eigenvalue weighted by Gasteiger charge is -2.38. The molecule has 2 saturated heterocycles. The van der Waals surface area contributed by atoms with Gasteiger partial charge in [0, 0.05) is 51.7 Å². The molecule has 0 radical (unpaired) electrons. The standard InChI is InChI=1S/C20H29N3O3/c1-2-26-20(25)23-10-8-18(9-11-23)19(24)22-14-12-21(13-15-22)16-17-6-4-3-5-7-17/h3-7,18H,2,8-16H2,1H3. The molecule has 0 atom stereocenters. The van der Waals surface area contributed by atoms with Crippen molar-refractivity contribution in [1.29, 1.82) is 0 Å². The van der Waals surface area contributed by atoms with Crippen molar-refractivity contribution in [3.63, 3.8) is 0 Å². The van der Waals surface area contributed by atoms with Crippen molar-refractivity contribution in [2.45, 2.75) is 26.3 Å². The lowest BCUT2D eigenvalue weighted by Crippen LogP contribution is -2.51. The predicted octanol–water partition coefficient (Wildman–Crippen LogP) is 2.20. The maximum Gasteiger partial charge on any atom is 0.409 e. The number of carbonyl (C=O) groups is 2. The molecule has 2 fully saturated rings. The van der Waals surface area contributed by atoms with Crippen molar-refractivity contribution >= 4 is 12.0 Å². The van der Waals surface area contributed by atoms with Gasteiger partial charge < -0.3 is 14.5 Å². The van der Waals surface area contributed by atoms with Gasteiger partial charge in [0.1, 0.15) is 0 Å². The molecule has 6 nitrogen and oxygen atoms in total. The summed E-state index contributed by atoms with van der Waals surface area (Å²) in [6.45, 7) is 7.81. The molecule has 2 heterocycles. The van der Waals surface area contributed by atoms with Gasteiger partial charge in [0.15, 0.2) is 0 Å². The zero-order valence-corrected chi connectivity index (χ0v) is 15.6. The summed E-state index contributed by atoms with van der Waals surface area (Å²) in [7, 11) is 0. The highest BCUT2D eigenvalue weighted by Gasteiger charge is 2.32. The number of carbonyl (C=O) groups excluding carboxylic acids is 2. The first-order valence-electron chi connectivity index (χ1n) is 9.64. The summed E-state index contributed by atoms with van der Waals surface area (Å²) in [6.07, 6.45) is 1.22. The van der Waals surface area contributed by atoms with Gasteiger partial charge in [-0.25, -0.2) is 4.79 Å². The van der Waals surface area contributed by atoms with E-state index in [9.17, 15) is 9.59 Å². The summed E-state index contributed by atoms with van der Waals surface area (Å²) in [4.78, 5) is 30.7. The number of amides is 2. The summed E-state index contributed by atoms with van der Waals surface area (Å²) in [6, 6.07) is 10.5. The Morgan fingerprint density at radius 2 is 1.62 bits per heavy atom. The summed E-state index contributed by atoms with van der Waals surface area (Å²) < 4.78 is 5.04. The summed E-state index contributed by atoms with van der Waals surface area (Å²) in [5, 5.41) is 0. The third-order valence-corrected chi connectivity index (χ3v) is 5.30. The Morgan fingerprint density at radius 1 is 0.962 bits per heavy atom. The lowest BCUT2D eigenvalue weighted by atomic mass is 9.95. The Bertz CT molecular complexity index is 592. The Labute approximate surface area is 155 Å². The predicted molar refractivity (Wildman–Crippen MR) is 99.6 cm³/mol. The Hall–Kier alpha value is -2.08. The largest absolute Gasteiger partial charge is 0.450 e. The van der Waals surface area contributed by atoms with Crippen LogP contribution in [0.5, 0.6) is 0 Å². The van der Waals surface area contributed by atoms with Gasteiger partial charge >= 0.3 is 6.09 Å². The molecular formula is C20H29N3O3. The normalized spacial score (nSPS) is 19.4. The molecular weight excluding hydrogens is 330 g/mol. The summed E-state index contributed by atoms with van der Waals surface area (Å²) >= 11 is 0. The van der Waals surface area contributed by atoms with Crippen molar-refractivity contribution in [2.24, 2.45) is 5.92 Å². The van der Waals surface area contributed by atoms with Crippen LogP contribution in [-0.2, 0) is 16.1 Å². The highest BCUT2D eigenvalue weighted by molar-refractivity contribution is 5.79. The second-order valence-electron chi connectivity index (χ2n) is 7.05. The number of ether oxygens (including phenoxy) is 1. The SMILES string of the molecule is CCOC(=O)N1CCC(C(=O)N2CCN(Cc3ccccc3)CC2)CC1. The number of benzene rings is 1. The van der Waals surface area contributed by atoms with Gasteiger partial charge in [-0.1, -0.05) is 30.3 Å². The number of nitrogens with zero attached hydrogens (tertiary/aromatic N) is 3. The summed E-state index contributed by atoms with van der Waals surface area (Å²) in [5.41, 5.74) is 1.32. The zero-order chi connectivity index (χ0) is 18.4. The Morgan fingerprint density at radius 3 is 2.23 bits per heavy atom. The zero-order valence-electron chi connectivity index (χ0n) is 15.6. The smallest absolute Gasteiger partial charge is 0.409 e. The molecule has 3 rings (SSSR count). The first kappa shape index (κ1) is 18.7. The van der Waals surface area contributed by atoms with Crippen LogP contribution in [0.4, 0.5) is 4.79 Å². The van der Waals surface area contributed by atoms with Gasteiger partial charge in [-0.05, 0) is 25.3 Å². The van der Waals surface area contributed by atoms with E-state index in [1.807, 2.05) is 17.9 Å². The molecule has 2 aliphatic heterocycles. The summed E-state index contributed by atoms with van der Waals surface area (Å²) in [5.74, 6) is 0.300. The molecule has 1 aromatic carbocycles. The van der Waals surface area contributed by atoms with E-state index in [1.165, 1.54) is 5.56 Å². The van der Waals surface area contributed by atoms with E-state index in [4.69, 9.17) is 4.74 Å². The maximum absolute atomic E-state index is 12.8. The van der Waals surface area contributed by atoms with Crippen LogP contribution in [0.1, 0.15) is 25.3 Å². The first-order valence-corrected chi connectivity index (χ1v) is 9.64. The quantitative estimate of drug-likeness (QED) is 0.827. The monoisotopic (exact) mass is 359 g/mol. The molecule has 6 heteroatoms. The van der Waals surface area contributed by atoms with E-state index in [1.54, 1.807) is 4.90 Å². The van der Waals surface area contributed by atoms with Crippen LogP contribution in [0.25, 0.3) is 0 Å². The fourth-order valence-corrected chi connectivity index (χ4v) is 3.75. The molecule has 0 bridgehead atoms. The van der Waals surface area contributed by atoms with Crippen LogP contribution in [0, 0.1) is 5.92 Å². The topological polar surface area (TPSA) is 53.1 Å². The van der Waals surface area contributed by atoms with E-state index in [-0.39, 0.29) is 17.9 Å². The van der Waals surface area contributed by atoms with Crippen LogP contribution in [0.15, 0.2) is 30.3 Å². The van der Waals surface area contributed by atoms with Gasteiger partial charge in [0.05, 0.1) is 6.61 Å². The molecule has 0 spiro atoms. The van der Waals surface area contributed by atoms with E-state index in [2.05, 4.69) is 29.2 Å². The second-order valence-corrected chi connectivity index (χ2v) is 7.05. The maximum atomic E-state index is 12.8. The van der Waals surface area contributed by atoms with Crippen molar-refractivity contribution in [3.05, 3.63) is 35.9 Å². The van der Waals surface area contributed by atoms with Crippen LogP contribution < -0.4 is 0 Å². The van der Waals surface area contributed by atoms with Gasteiger partial charge in [0.25, 0.3) is 0 Å². The Kier molecular flexibility index (Phi) is 6.50. The molecule has 0 N–H and O–H groups in total. The highest BCUT2D eigenvalue weighted by Crippen LogP contribution is 2.21. The second kappa shape index (κ2) is 9.03. The molecule has 0 unspecified atom stereocenters. The van der Waals surface area contributed by atoms with E-state index in [0.717, 1.165) is 45.6 Å². The van der Waals surface area contributed by atoms with Crippen LogP contribution in [0.3, 0.4) is 0 Å². The van der Waals surface area contributed by atoms with Crippen LogP contribution in [0.2, 0.25) is 0 Å². The van der Waals surface area contributed by atoms with Crippen molar-refractivity contribution < 1.29 is 14.3 Å². The van der Waals surface area contributed by atoms with Crippen LogP contribution >= 0.6 is 0 Å². The fourth-order valence-electron chi connectivity index (χ4n) is 3.75. The minimum absolute atomic E-state index is 0.0429. The van der Waals surface area contributed by atoms with E-state index >= 15 is 0 Å². The molecule has 2 amide bonds. The van der Waals surface area contributed by atoms with Crippen molar-refractivity contribution in [2.75, 3.05) is 45.9 Å². The average Bonchev–Trinajstić information content (AvgIpc) is 2.69.